The van der Waals surface area contributed by atoms with Crippen LogP contribution in [0.25, 0.3) is 0 Å². The molecule has 0 fully saturated rings. The van der Waals surface area contributed by atoms with Gasteiger partial charge in [0, 0.05) is 6.20 Å². The number of halogens is 1. The molecule has 0 aliphatic heterocycles. The van der Waals surface area contributed by atoms with Gasteiger partial charge in [-0.25, -0.2) is 13.1 Å². The van der Waals surface area contributed by atoms with Crippen LogP contribution >= 0.6 is 15.9 Å². The van der Waals surface area contributed by atoms with E-state index in [0.717, 1.165) is 4.47 Å². The summed E-state index contributed by atoms with van der Waals surface area (Å²) in [6, 6.07) is 3.06. The molecule has 7 nitrogen and oxygen atoms in total. The molecule has 0 bridgehead atoms. The number of amides is 1. The maximum atomic E-state index is 12.0. The van der Waals surface area contributed by atoms with Gasteiger partial charge in [0.05, 0.1) is 23.0 Å². The van der Waals surface area contributed by atoms with Crippen molar-refractivity contribution in [2.75, 3.05) is 5.75 Å². The number of rotatable bonds is 6. The first-order valence-electron chi connectivity index (χ1n) is 7.36. The Hall–Kier alpha value is -1.61. The summed E-state index contributed by atoms with van der Waals surface area (Å²) in [5.74, 6) is -0.424. The van der Waals surface area contributed by atoms with E-state index in [-0.39, 0.29) is 16.9 Å². The van der Waals surface area contributed by atoms with E-state index in [1.54, 1.807) is 23.1 Å². The summed E-state index contributed by atoms with van der Waals surface area (Å²) in [6.07, 6.45) is 3.85. The minimum absolute atomic E-state index is 0.0458. The van der Waals surface area contributed by atoms with Gasteiger partial charge in [-0.1, -0.05) is 20.8 Å². The number of carbonyl (C=O) groups excluding carboxylic acids is 1. The van der Waals surface area contributed by atoms with E-state index in [4.69, 9.17) is 4.42 Å². The number of hydrogen-bond donors (Lipinski definition) is 1. The van der Waals surface area contributed by atoms with Crippen molar-refractivity contribution in [3.8, 4) is 0 Å². The van der Waals surface area contributed by atoms with Crippen molar-refractivity contribution >= 4 is 31.9 Å². The topological polar surface area (TPSA) is 94.2 Å². The summed E-state index contributed by atoms with van der Waals surface area (Å²) in [7, 11) is -3.69. The number of nitrogens with zero attached hydrogens (tertiary/aromatic N) is 2. The number of sulfonamides is 1. The number of furan rings is 1. The molecule has 1 N–H and O–H groups in total. The zero-order valence-corrected chi connectivity index (χ0v) is 16.1. The summed E-state index contributed by atoms with van der Waals surface area (Å²) in [6.45, 7) is 6.17. The molecule has 0 saturated heterocycles. The van der Waals surface area contributed by atoms with E-state index in [9.17, 15) is 13.2 Å². The van der Waals surface area contributed by atoms with E-state index in [0.29, 0.717) is 18.7 Å². The molecule has 0 spiro atoms. The molecule has 9 heteroatoms. The Kier molecular flexibility index (Phi) is 5.54. The quantitative estimate of drug-likeness (QED) is 0.779. The second-order valence-corrected chi connectivity index (χ2v) is 9.44. The van der Waals surface area contributed by atoms with Crippen molar-refractivity contribution in [3.05, 3.63) is 40.5 Å². The molecule has 132 valence electrons. The van der Waals surface area contributed by atoms with Gasteiger partial charge < -0.3 is 4.42 Å². The van der Waals surface area contributed by atoms with Crippen molar-refractivity contribution in [2.24, 2.45) is 5.41 Å². The lowest BCUT2D eigenvalue weighted by atomic mass is 9.94. The number of aromatic nitrogens is 2. The van der Waals surface area contributed by atoms with Crippen LogP contribution in [0.1, 0.15) is 43.5 Å². The second-order valence-electron chi connectivity index (χ2n) is 6.68. The maximum Gasteiger partial charge on any atom is 0.300 e. The molecule has 2 aromatic heterocycles. The van der Waals surface area contributed by atoms with Crippen LogP contribution in [-0.2, 0) is 16.6 Å². The molecule has 2 aromatic rings. The molecule has 0 atom stereocenters. The third-order valence-corrected chi connectivity index (χ3v) is 4.82. The molecule has 24 heavy (non-hydrogen) atoms. The first kappa shape index (κ1) is 18.7. The van der Waals surface area contributed by atoms with Crippen molar-refractivity contribution in [3.63, 3.8) is 0 Å². The normalized spacial score (nSPS) is 12.3. The average molecular weight is 418 g/mol. The van der Waals surface area contributed by atoms with Crippen LogP contribution in [0.5, 0.6) is 0 Å². The molecule has 0 aromatic carbocycles. The smallest absolute Gasteiger partial charge is 0.300 e. The lowest BCUT2D eigenvalue weighted by molar-refractivity contribution is 0.0952. The highest BCUT2D eigenvalue weighted by Gasteiger charge is 2.21. The minimum Gasteiger partial charge on any atom is -0.454 e. The monoisotopic (exact) mass is 417 g/mol. The van der Waals surface area contributed by atoms with Crippen LogP contribution in [-0.4, -0.2) is 29.9 Å². The van der Waals surface area contributed by atoms with E-state index in [2.05, 4.69) is 21.0 Å². The van der Waals surface area contributed by atoms with Gasteiger partial charge in [-0.3, -0.25) is 9.48 Å². The van der Waals surface area contributed by atoms with Crippen molar-refractivity contribution in [1.82, 2.24) is 14.5 Å². The molecule has 2 heterocycles. The fourth-order valence-corrected chi connectivity index (χ4v) is 3.55. The summed E-state index contributed by atoms with van der Waals surface area (Å²) in [5.41, 5.74) is -0.131. The Labute approximate surface area is 149 Å². The summed E-state index contributed by atoms with van der Waals surface area (Å²) >= 11 is 3.29. The Morgan fingerprint density at radius 2 is 2.08 bits per heavy atom. The number of nitrogens with one attached hydrogen (secondary N) is 1. The molecule has 2 rings (SSSR count). The first-order valence-corrected chi connectivity index (χ1v) is 9.80. The van der Waals surface area contributed by atoms with E-state index < -0.39 is 15.9 Å². The van der Waals surface area contributed by atoms with Gasteiger partial charge in [0.1, 0.15) is 5.76 Å². The molecule has 0 radical (unpaired) electrons. The predicted octanol–water partition coefficient (Wildman–Crippen LogP) is 2.78. The van der Waals surface area contributed by atoms with Crippen LogP contribution < -0.4 is 4.72 Å². The van der Waals surface area contributed by atoms with Crippen LogP contribution in [0.15, 0.2) is 33.4 Å². The fourth-order valence-electron chi connectivity index (χ4n) is 1.85. The van der Waals surface area contributed by atoms with Gasteiger partial charge in [0.25, 0.3) is 5.91 Å². The maximum absolute atomic E-state index is 12.0. The summed E-state index contributed by atoms with van der Waals surface area (Å²) < 4.78 is 33.8. The molecule has 0 saturated carbocycles. The van der Waals surface area contributed by atoms with E-state index in [1.165, 1.54) is 6.07 Å². The van der Waals surface area contributed by atoms with E-state index in [1.807, 2.05) is 25.5 Å². The Balaban J connectivity index is 1.98. The highest BCUT2D eigenvalue weighted by Crippen LogP contribution is 2.19. The average Bonchev–Trinajstić information content (AvgIpc) is 3.05. The standard InChI is InChI=1S/C15H20BrN3O4S/c1-15(2,3)6-7-24(21,22)18-14(20)13-5-4-12(23-13)10-19-9-11(16)8-17-19/h4-5,8-9H,6-7,10H2,1-3H3,(H,18,20). The lowest BCUT2D eigenvalue weighted by Crippen LogP contribution is -2.33. The van der Waals surface area contributed by atoms with Crippen LogP contribution in [0.2, 0.25) is 0 Å². The first-order chi connectivity index (χ1) is 11.0. The molecule has 1 amide bonds. The summed E-state index contributed by atoms with van der Waals surface area (Å²) in [4.78, 5) is 12.0. The molecular formula is C15H20BrN3O4S. The largest absolute Gasteiger partial charge is 0.454 e. The molecule has 0 aliphatic rings. The van der Waals surface area contributed by atoms with Gasteiger partial charge in [0.2, 0.25) is 10.0 Å². The van der Waals surface area contributed by atoms with Crippen LogP contribution in [0.4, 0.5) is 0 Å². The van der Waals surface area contributed by atoms with Gasteiger partial charge in [-0.15, -0.1) is 0 Å². The Morgan fingerprint density at radius 3 is 2.67 bits per heavy atom. The van der Waals surface area contributed by atoms with Crippen LogP contribution in [0, 0.1) is 5.41 Å². The number of hydrogen-bond acceptors (Lipinski definition) is 5. The third kappa shape index (κ3) is 5.79. The Morgan fingerprint density at radius 1 is 1.38 bits per heavy atom. The lowest BCUT2D eigenvalue weighted by Gasteiger charge is -2.17. The molecule has 0 aliphatic carbocycles. The van der Waals surface area contributed by atoms with Gasteiger partial charge in [-0.2, -0.15) is 5.10 Å². The van der Waals surface area contributed by atoms with Gasteiger partial charge >= 0.3 is 0 Å². The number of carbonyl (C=O) groups is 1. The van der Waals surface area contributed by atoms with Gasteiger partial charge in [-0.05, 0) is 39.9 Å². The second kappa shape index (κ2) is 7.10. The fraction of sp³-hybridized carbons (Fsp3) is 0.467. The van der Waals surface area contributed by atoms with Crippen molar-refractivity contribution in [2.45, 2.75) is 33.7 Å². The minimum atomic E-state index is -3.69. The zero-order chi connectivity index (χ0) is 18.0. The predicted molar refractivity (Wildman–Crippen MR) is 93.1 cm³/mol. The molecular weight excluding hydrogens is 398 g/mol. The SMILES string of the molecule is CC(C)(C)CCS(=O)(=O)NC(=O)c1ccc(Cn2cc(Br)cn2)o1. The van der Waals surface area contributed by atoms with Crippen LogP contribution in [0.3, 0.4) is 0 Å². The van der Waals surface area contributed by atoms with E-state index >= 15 is 0 Å². The highest BCUT2D eigenvalue weighted by atomic mass is 79.9. The highest BCUT2D eigenvalue weighted by molar-refractivity contribution is 9.10. The molecule has 0 unspecified atom stereocenters. The third-order valence-electron chi connectivity index (χ3n) is 3.17. The van der Waals surface area contributed by atoms with Gasteiger partial charge in [0.15, 0.2) is 5.76 Å². The zero-order valence-electron chi connectivity index (χ0n) is 13.7. The van der Waals surface area contributed by atoms with Crippen molar-refractivity contribution < 1.29 is 17.6 Å². The summed E-state index contributed by atoms with van der Waals surface area (Å²) in [5, 5.41) is 4.09. The van der Waals surface area contributed by atoms with Crippen molar-refractivity contribution in [1.29, 1.82) is 0 Å². The Bertz CT molecular complexity index is 818.